The summed E-state index contributed by atoms with van der Waals surface area (Å²) in [5.74, 6) is 1.38. The molecule has 1 atom stereocenters. The molecule has 0 radical (unpaired) electrons. The second-order valence-corrected chi connectivity index (χ2v) is 9.65. The van der Waals surface area contributed by atoms with Gasteiger partial charge in [0.15, 0.2) is 0 Å². The highest BCUT2D eigenvalue weighted by Crippen LogP contribution is 2.32. The fraction of sp³-hybridized carbons (Fsp3) is 0.393. The minimum Gasteiger partial charge on any atom is -0.340 e. The Balaban J connectivity index is 1.35. The summed E-state index contributed by atoms with van der Waals surface area (Å²) in [5.41, 5.74) is 8.11. The maximum absolute atomic E-state index is 13.5. The third kappa shape index (κ3) is 4.12. The number of aryl methyl sites for hydroxylation is 2. The lowest BCUT2D eigenvalue weighted by molar-refractivity contribution is 0.0712. The van der Waals surface area contributed by atoms with E-state index >= 15 is 0 Å². The minimum absolute atomic E-state index is 0.100. The van der Waals surface area contributed by atoms with E-state index in [1.165, 1.54) is 5.56 Å². The summed E-state index contributed by atoms with van der Waals surface area (Å²) in [7, 11) is 0. The molecule has 0 saturated carbocycles. The third-order valence-corrected chi connectivity index (χ3v) is 7.41. The van der Waals surface area contributed by atoms with Crippen molar-refractivity contribution in [2.24, 2.45) is 0 Å². The van der Waals surface area contributed by atoms with Crippen molar-refractivity contribution in [2.45, 2.75) is 52.0 Å². The number of imidazole rings is 1. The van der Waals surface area contributed by atoms with Crippen molar-refractivity contribution < 1.29 is 4.79 Å². The van der Waals surface area contributed by atoms with Crippen molar-refractivity contribution in [1.29, 1.82) is 5.26 Å². The first kappa shape index (κ1) is 22.4. The number of aromatic amines is 1. The van der Waals surface area contributed by atoms with Crippen LogP contribution < -0.4 is 5.32 Å². The Bertz CT molecular complexity index is 1260. The number of aromatic nitrogens is 2. The molecule has 2 aromatic carbocycles. The number of nitrogens with one attached hydrogen (secondary N) is 2. The van der Waals surface area contributed by atoms with Crippen LogP contribution >= 0.6 is 0 Å². The number of fused-ring (bicyclic) bond motifs is 1. The first-order chi connectivity index (χ1) is 16.4. The number of likely N-dealkylation sites (tertiary alicyclic amines) is 1. The number of carbonyl (C=O) groups is 1. The van der Waals surface area contributed by atoms with Crippen LogP contribution in [0, 0.1) is 25.2 Å². The molecule has 1 amide bonds. The Morgan fingerprint density at radius 2 is 1.85 bits per heavy atom. The topological polar surface area (TPSA) is 84.8 Å². The first-order valence-corrected chi connectivity index (χ1v) is 12.2. The lowest BCUT2D eigenvalue weighted by Crippen LogP contribution is -2.38. The number of carbonyl (C=O) groups excluding carboxylic acids is 1. The lowest BCUT2D eigenvalue weighted by atomic mass is 9.88. The molecule has 5 rings (SSSR count). The summed E-state index contributed by atoms with van der Waals surface area (Å²) in [5, 5.41) is 12.5. The summed E-state index contributed by atoms with van der Waals surface area (Å²) in [6.07, 6.45) is 2.79. The van der Waals surface area contributed by atoms with E-state index in [4.69, 9.17) is 10.2 Å². The quantitative estimate of drug-likeness (QED) is 0.597. The molecular formula is C28H31N5O. The van der Waals surface area contributed by atoms with Gasteiger partial charge in [-0.2, -0.15) is 5.26 Å². The van der Waals surface area contributed by atoms with E-state index in [2.05, 4.69) is 48.4 Å². The van der Waals surface area contributed by atoms with Gasteiger partial charge in [-0.25, -0.2) is 4.98 Å². The van der Waals surface area contributed by atoms with Crippen LogP contribution in [-0.4, -0.2) is 40.4 Å². The predicted octanol–water partition coefficient (Wildman–Crippen LogP) is 4.79. The number of H-pyrrole nitrogens is 1. The summed E-state index contributed by atoms with van der Waals surface area (Å²) >= 11 is 0. The largest absolute Gasteiger partial charge is 0.340 e. The van der Waals surface area contributed by atoms with Gasteiger partial charge in [-0.1, -0.05) is 18.2 Å². The summed E-state index contributed by atoms with van der Waals surface area (Å²) < 4.78 is 0. The number of hydrogen-bond acceptors (Lipinski definition) is 4. The van der Waals surface area contributed by atoms with Gasteiger partial charge in [0.2, 0.25) is 0 Å². The Kier molecular flexibility index (Phi) is 5.97. The van der Waals surface area contributed by atoms with Crippen LogP contribution in [0.5, 0.6) is 0 Å². The van der Waals surface area contributed by atoms with Crippen molar-refractivity contribution in [2.75, 3.05) is 19.6 Å². The number of benzene rings is 2. The highest BCUT2D eigenvalue weighted by molar-refractivity contribution is 5.97. The molecule has 1 unspecified atom stereocenters. The van der Waals surface area contributed by atoms with E-state index in [0.717, 1.165) is 78.4 Å². The van der Waals surface area contributed by atoms with Crippen molar-refractivity contribution in [3.63, 3.8) is 0 Å². The SMILES string of the molecule is Cc1cc(C)c(-c2nc3c([nH]2)C(C)NCC3)cc1C(=O)N1CCC(c2ccc(C#N)cc2)CC1. The molecule has 2 N–H and O–H groups in total. The van der Waals surface area contributed by atoms with Gasteiger partial charge in [-0.3, -0.25) is 4.79 Å². The minimum atomic E-state index is 0.100. The van der Waals surface area contributed by atoms with E-state index in [1.54, 1.807) is 0 Å². The van der Waals surface area contributed by atoms with Gasteiger partial charge in [0.05, 0.1) is 23.0 Å². The monoisotopic (exact) mass is 453 g/mol. The molecule has 0 bridgehead atoms. The molecule has 3 heterocycles. The van der Waals surface area contributed by atoms with E-state index in [0.29, 0.717) is 11.5 Å². The molecule has 2 aliphatic rings. The summed E-state index contributed by atoms with van der Waals surface area (Å²) in [6, 6.07) is 14.4. The average Bonchev–Trinajstić information content (AvgIpc) is 3.29. The summed E-state index contributed by atoms with van der Waals surface area (Å²) in [4.78, 5) is 23.9. The standard InChI is InChI=1S/C28H31N5O/c1-17-14-18(2)24(15-23(17)27-31-25-8-11-30-19(3)26(25)32-27)28(34)33-12-9-22(10-13-33)21-6-4-20(16-29)5-7-21/h4-7,14-15,19,22,30H,8-13H2,1-3H3,(H,31,32). The Labute approximate surface area is 201 Å². The molecule has 1 fully saturated rings. The highest BCUT2D eigenvalue weighted by Gasteiger charge is 2.27. The van der Waals surface area contributed by atoms with Crippen LogP contribution in [-0.2, 0) is 6.42 Å². The van der Waals surface area contributed by atoms with E-state index in [-0.39, 0.29) is 11.9 Å². The van der Waals surface area contributed by atoms with Crippen LogP contribution in [0.3, 0.4) is 0 Å². The Morgan fingerprint density at radius 3 is 2.53 bits per heavy atom. The van der Waals surface area contributed by atoms with Gasteiger partial charge in [-0.15, -0.1) is 0 Å². The zero-order chi connectivity index (χ0) is 23.8. The van der Waals surface area contributed by atoms with Gasteiger partial charge in [0.25, 0.3) is 5.91 Å². The Morgan fingerprint density at radius 1 is 1.12 bits per heavy atom. The highest BCUT2D eigenvalue weighted by atomic mass is 16.2. The zero-order valence-corrected chi connectivity index (χ0v) is 20.1. The molecule has 1 aromatic heterocycles. The number of amides is 1. The van der Waals surface area contributed by atoms with Gasteiger partial charge >= 0.3 is 0 Å². The van der Waals surface area contributed by atoms with Gasteiger partial charge in [0, 0.05) is 43.2 Å². The van der Waals surface area contributed by atoms with Gasteiger partial charge in [0.1, 0.15) is 5.82 Å². The molecule has 3 aromatic rings. The van der Waals surface area contributed by atoms with Crippen LogP contribution in [0.1, 0.15) is 75.7 Å². The molecule has 0 spiro atoms. The second kappa shape index (κ2) is 9.08. The molecule has 34 heavy (non-hydrogen) atoms. The van der Waals surface area contributed by atoms with Crippen molar-refractivity contribution in [1.82, 2.24) is 20.2 Å². The average molecular weight is 454 g/mol. The van der Waals surface area contributed by atoms with Crippen molar-refractivity contribution >= 4 is 5.91 Å². The molecule has 2 aliphatic heterocycles. The van der Waals surface area contributed by atoms with Crippen molar-refractivity contribution in [3.8, 4) is 17.5 Å². The zero-order valence-electron chi connectivity index (χ0n) is 20.1. The van der Waals surface area contributed by atoms with E-state index < -0.39 is 0 Å². The van der Waals surface area contributed by atoms with Gasteiger partial charge < -0.3 is 15.2 Å². The fourth-order valence-electron chi connectivity index (χ4n) is 5.36. The van der Waals surface area contributed by atoms with E-state index in [9.17, 15) is 4.79 Å². The van der Waals surface area contributed by atoms with Crippen LogP contribution in [0.15, 0.2) is 36.4 Å². The van der Waals surface area contributed by atoms with E-state index in [1.807, 2.05) is 30.0 Å². The predicted molar refractivity (Wildman–Crippen MR) is 133 cm³/mol. The maximum Gasteiger partial charge on any atom is 0.254 e. The number of nitrogens with zero attached hydrogens (tertiary/aromatic N) is 3. The van der Waals surface area contributed by atoms with Crippen LogP contribution in [0.4, 0.5) is 0 Å². The Hall–Kier alpha value is -3.43. The molecular weight excluding hydrogens is 422 g/mol. The third-order valence-electron chi connectivity index (χ3n) is 7.41. The van der Waals surface area contributed by atoms with Crippen LogP contribution in [0.2, 0.25) is 0 Å². The lowest BCUT2D eigenvalue weighted by Gasteiger charge is -2.32. The molecule has 0 aliphatic carbocycles. The fourth-order valence-corrected chi connectivity index (χ4v) is 5.36. The molecule has 1 saturated heterocycles. The second-order valence-electron chi connectivity index (χ2n) is 9.65. The normalized spacial score (nSPS) is 18.4. The smallest absolute Gasteiger partial charge is 0.254 e. The number of nitriles is 1. The number of rotatable bonds is 3. The van der Waals surface area contributed by atoms with Crippen LogP contribution in [0.25, 0.3) is 11.4 Å². The van der Waals surface area contributed by atoms with Crippen molar-refractivity contribution in [3.05, 3.63) is 75.6 Å². The summed E-state index contributed by atoms with van der Waals surface area (Å²) in [6.45, 7) is 8.68. The molecule has 6 heteroatoms. The maximum atomic E-state index is 13.5. The number of hydrogen-bond donors (Lipinski definition) is 2. The molecule has 6 nitrogen and oxygen atoms in total. The van der Waals surface area contributed by atoms with Gasteiger partial charge in [-0.05, 0) is 74.4 Å². The molecule has 174 valence electrons. The number of piperidine rings is 1. The first-order valence-electron chi connectivity index (χ1n) is 12.2.